The van der Waals surface area contributed by atoms with Crippen molar-refractivity contribution in [3.05, 3.63) is 71.3 Å². The van der Waals surface area contributed by atoms with Crippen LogP contribution < -0.4 is 39.1 Å². The number of hydrogen-bond donors (Lipinski definition) is 2. The average Bonchev–Trinajstić information content (AvgIpc) is 0.846. The van der Waals surface area contributed by atoms with Gasteiger partial charge in [0, 0.05) is 82.4 Å². The molecule has 3 aromatic carbocycles. The van der Waals surface area contributed by atoms with Gasteiger partial charge in [0.05, 0.1) is 198 Å². The summed E-state index contributed by atoms with van der Waals surface area (Å²) in [6, 6.07) is 15.5. The Bertz CT molecular complexity index is 2600. The molecular weight excluding hydrogens is 1480 g/mol. The van der Waals surface area contributed by atoms with Crippen LogP contribution in [0.4, 0.5) is 0 Å². The number of carbonyl (C=O) groups is 3. The van der Waals surface area contributed by atoms with Crippen molar-refractivity contribution in [3.8, 4) is 34.5 Å². The molecular formula is C88H151N3O24. The van der Waals surface area contributed by atoms with Crippen LogP contribution in [-0.4, -0.2) is 288 Å². The van der Waals surface area contributed by atoms with Gasteiger partial charge in [0.15, 0.2) is 0 Å². The van der Waals surface area contributed by atoms with Gasteiger partial charge in [-0.05, 0) is 55.7 Å². The lowest BCUT2D eigenvalue weighted by atomic mass is 10.1. The summed E-state index contributed by atoms with van der Waals surface area (Å²) in [5.41, 5.74) is 0.916. The predicted molar refractivity (Wildman–Crippen MR) is 446 cm³/mol. The number of benzene rings is 3. The topological polar surface area (TPSA) is 272 Å². The normalized spacial score (nSPS) is 11.4. The van der Waals surface area contributed by atoms with E-state index >= 15 is 4.79 Å². The van der Waals surface area contributed by atoms with Crippen LogP contribution >= 0.6 is 0 Å². The van der Waals surface area contributed by atoms with Gasteiger partial charge in [-0.15, -0.1) is 0 Å². The Morgan fingerprint density at radius 2 is 0.426 bits per heavy atom. The van der Waals surface area contributed by atoms with Gasteiger partial charge in [0.25, 0.3) is 17.7 Å². The molecule has 0 bridgehead atoms. The van der Waals surface area contributed by atoms with Crippen LogP contribution in [0.1, 0.15) is 206 Å². The zero-order chi connectivity index (χ0) is 82.3. The summed E-state index contributed by atoms with van der Waals surface area (Å²) in [5.74, 6) is 1.56. The van der Waals surface area contributed by atoms with Gasteiger partial charge >= 0.3 is 0 Å². The largest absolute Gasteiger partial charge is 0.493 e. The van der Waals surface area contributed by atoms with Crippen molar-refractivity contribution >= 4 is 17.7 Å². The molecule has 0 unspecified atom stereocenters. The summed E-state index contributed by atoms with van der Waals surface area (Å²) in [6.45, 7) is 20.5. The molecule has 0 heterocycles. The third-order valence-electron chi connectivity index (χ3n) is 18.0. The van der Waals surface area contributed by atoms with E-state index in [1.54, 1.807) is 80.8 Å². The standard InChI is InChI=1S/C88H151N3O24/c1-7-10-13-16-19-22-25-28-35-110-80-68-77(70-82(74-80)113-65-62-107-59-56-104-53-50-101-47-44-98-41-38-95-4)86(92)89-31-33-91(88(94)79-72-84(112-37-30-27-24-21-18-15-12-9-3)76-85(73-79)115-67-64-109-61-58-106-55-52-103-49-46-100-43-40-97-6)34-32-90-87(93)78-69-81(111-36-29-26-23-20-17-14-11-8-2)75-83(71-78)114-66-63-108-60-57-105-54-51-102-48-45-99-42-39-96-5/h68-76H,7-67H2,1-6H3,(H,89,92)(H,90,93). The molecule has 115 heavy (non-hydrogen) atoms. The third-order valence-corrected chi connectivity index (χ3v) is 18.0. The van der Waals surface area contributed by atoms with Crippen molar-refractivity contribution in [3.63, 3.8) is 0 Å². The first-order chi connectivity index (χ1) is 56.7. The lowest BCUT2D eigenvalue weighted by Crippen LogP contribution is -2.42. The molecule has 27 nitrogen and oxygen atoms in total. The third kappa shape index (κ3) is 60.4. The number of rotatable bonds is 87. The molecule has 0 spiro atoms. The first kappa shape index (κ1) is 103. The average molecular weight is 1640 g/mol. The second-order valence-corrected chi connectivity index (χ2v) is 27.7. The molecule has 3 aromatic rings. The Kier molecular flexibility index (Phi) is 70.3. The number of ether oxygens (including phenoxy) is 21. The molecule has 2 N–H and O–H groups in total. The Morgan fingerprint density at radius 1 is 0.235 bits per heavy atom. The molecule has 0 atom stereocenters. The summed E-state index contributed by atoms with van der Waals surface area (Å²) >= 11 is 0. The van der Waals surface area contributed by atoms with Gasteiger partial charge in [-0.25, -0.2) is 0 Å². The lowest BCUT2D eigenvalue weighted by Gasteiger charge is -2.24. The van der Waals surface area contributed by atoms with Crippen molar-refractivity contribution in [2.75, 3.05) is 266 Å². The van der Waals surface area contributed by atoms with E-state index in [0.29, 0.717) is 230 Å². The van der Waals surface area contributed by atoms with E-state index in [0.717, 1.165) is 57.8 Å². The maximum absolute atomic E-state index is 15.3. The van der Waals surface area contributed by atoms with Crippen LogP contribution in [0.25, 0.3) is 0 Å². The molecule has 0 aliphatic heterocycles. The maximum Gasteiger partial charge on any atom is 0.254 e. The van der Waals surface area contributed by atoms with Gasteiger partial charge in [-0.1, -0.05) is 156 Å². The van der Waals surface area contributed by atoms with Crippen LogP contribution in [0.3, 0.4) is 0 Å². The Balaban J connectivity index is 1.87. The van der Waals surface area contributed by atoms with Crippen LogP contribution in [0.5, 0.6) is 34.5 Å². The van der Waals surface area contributed by atoms with Crippen molar-refractivity contribution in [2.24, 2.45) is 0 Å². The molecule has 3 rings (SSSR count). The predicted octanol–water partition coefficient (Wildman–Crippen LogP) is 13.8. The molecule has 0 fully saturated rings. The summed E-state index contributed by atoms with van der Waals surface area (Å²) in [5, 5.41) is 6.13. The molecule has 0 aliphatic carbocycles. The van der Waals surface area contributed by atoms with Crippen LogP contribution in [0.2, 0.25) is 0 Å². The Morgan fingerprint density at radius 3 is 0.652 bits per heavy atom. The van der Waals surface area contributed by atoms with Crippen LogP contribution in [-0.2, 0) is 71.1 Å². The number of nitrogens with one attached hydrogen (secondary N) is 2. The number of nitrogens with zero attached hydrogens (tertiary/aromatic N) is 1. The summed E-state index contributed by atoms with van der Waals surface area (Å²) < 4.78 is 120. The fraction of sp³-hybridized carbons (Fsp3) is 0.761. The minimum atomic E-state index is -0.402. The Hall–Kier alpha value is -5.73. The highest BCUT2D eigenvalue weighted by molar-refractivity contribution is 5.97. The van der Waals surface area contributed by atoms with E-state index in [1.807, 2.05) is 0 Å². The molecule has 0 aromatic heterocycles. The van der Waals surface area contributed by atoms with Crippen molar-refractivity contribution in [2.45, 2.75) is 175 Å². The van der Waals surface area contributed by atoms with E-state index < -0.39 is 11.8 Å². The van der Waals surface area contributed by atoms with E-state index in [2.05, 4.69) is 31.4 Å². The van der Waals surface area contributed by atoms with Crippen molar-refractivity contribution in [1.82, 2.24) is 15.5 Å². The summed E-state index contributed by atoms with van der Waals surface area (Å²) in [6.07, 6.45) is 27.4. The van der Waals surface area contributed by atoms with E-state index in [9.17, 15) is 9.59 Å². The molecule has 662 valence electrons. The highest BCUT2D eigenvalue weighted by atomic mass is 16.6. The maximum atomic E-state index is 15.3. The fourth-order valence-corrected chi connectivity index (χ4v) is 11.6. The minimum absolute atomic E-state index is 0.0386. The first-order valence-corrected chi connectivity index (χ1v) is 43.2. The monoisotopic (exact) mass is 1630 g/mol. The smallest absolute Gasteiger partial charge is 0.254 e. The number of hydrogen-bond acceptors (Lipinski definition) is 24. The highest BCUT2D eigenvalue weighted by Crippen LogP contribution is 2.28. The summed E-state index contributed by atoms with van der Waals surface area (Å²) in [7, 11) is 4.91. The molecule has 0 saturated heterocycles. The van der Waals surface area contributed by atoms with Crippen LogP contribution in [0, 0.1) is 0 Å². The van der Waals surface area contributed by atoms with Gasteiger partial charge in [0.1, 0.15) is 54.3 Å². The summed E-state index contributed by atoms with van der Waals surface area (Å²) in [4.78, 5) is 45.7. The SMILES string of the molecule is CCCCCCCCCCOc1cc(OCCOCCOCCOCCOCCOC)cc(C(=O)NCCN(CCNC(=O)c2cc(OCCCCCCCCCC)cc(OCCOCCOCCOCCOCCOC)c2)C(=O)c2cc(OCCCCCCCCCC)cc(OCCOCCOCCOCCOCCOC)c2)c1. The van der Waals surface area contributed by atoms with Gasteiger partial charge in [-0.3, -0.25) is 14.4 Å². The van der Waals surface area contributed by atoms with Crippen LogP contribution in [0.15, 0.2) is 54.6 Å². The van der Waals surface area contributed by atoms with E-state index in [1.165, 1.54) is 96.3 Å². The second-order valence-electron chi connectivity index (χ2n) is 27.7. The fourth-order valence-electron chi connectivity index (χ4n) is 11.6. The van der Waals surface area contributed by atoms with Gasteiger partial charge < -0.3 is 115 Å². The minimum Gasteiger partial charge on any atom is -0.493 e. The van der Waals surface area contributed by atoms with E-state index in [-0.39, 0.29) is 71.7 Å². The second kappa shape index (κ2) is 78.1. The van der Waals surface area contributed by atoms with Crippen molar-refractivity contribution in [1.29, 1.82) is 0 Å². The molecule has 3 amide bonds. The number of amides is 3. The Labute approximate surface area is 690 Å². The quantitative estimate of drug-likeness (QED) is 0.0497. The highest BCUT2D eigenvalue weighted by Gasteiger charge is 2.21. The number of unbranched alkanes of at least 4 members (excludes halogenated alkanes) is 21. The molecule has 0 radical (unpaired) electrons. The van der Waals surface area contributed by atoms with E-state index in [4.69, 9.17) is 99.5 Å². The van der Waals surface area contributed by atoms with Crippen molar-refractivity contribution < 1.29 is 114 Å². The molecule has 0 saturated carbocycles. The molecule has 0 aliphatic rings. The zero-order valence-corrected chi connectivity index (χ0v) is 71.6. The first-order valence-electron chi connectivity index (χ1n) is 43.2. The zero-order valence-electron chi connectivity index (χ0n) is 71.6. The lowest BCUT2D eigenvalue weighted by molar-refractivity contribution is -0.00979. The number of carbonyl (C=O) groups excluding carboxylic acids is 3. The molecule has 27 heteroatoms. The van der Waals surface area contributed by atoms with Gasteiger partial charge in [0.2, 0.25) is 0 Å². The van der Waals surface area contributed by atoms with Gasteiger partial charge in [-0.2, -0.15) is 0 Å². The number of methoxy groups -OCH3 is 3.